The van der Waals surface area contributed by atoms with E-state index in [9.17, 15) is 0 Å². The Morgan fingerprint density at radius 3 is 1.57 bits per heavy atom. The van der Waals surface area contributed by atoms with Crippen molar-refractivity contribution in [1.29, 1.82) is 0 Å². The lowest BCUT2D eigenvalue weighted by atomic mass is 10.0. The number of nitrogens with one attached hydrogen (secondary N) is 2. The van der Waals surface area contributed by atoms with Crippen LogP contribution in [0.4, 0.5) is 0 Å². The summed E-state index contributed by atoms with van der Waals surface area (Å²) in [4.78, 5) is 7.57. The largest absolute Gasteiger partial charge is 0.516 e. The van der Waals surface area contributed by atoms with Crippen molar-refractivity contribution in [2.75, 3.05) is 14.2 Å². The van der Waals surface area contributed by atoms with Gasteiger partial charge in [-0.15, -0.1) is 0 Å². The molecule has 2 aliphatic carbocycles. The van der Waals surface area contributed by atoms with Crippen molar-refractivity contribution < 1.29 is 8.85 Å². The van der Waals surface area contributed by atoms with E-state index in [0.717, 1.165) is 11.8 Å². The van der Waals surface area contributed by atoms with Crippen LogP contribution >= 0.6 is 0 Å². The Morgan fingerprint density at radius 2 is 1.24 bits per heavy atom. The topological polar surface area (TPSA) is 42.5 Å². The molecule has 0 heterocycles. The van der Waals surface area contributed by atoms with Crippen LogP contribution in [0.15, 0.2) is 0 Å². The molecular formula is C16H34N2O2Si. The lowest BCUT2D eigenvalue weighted by Crippen LogP contribution is -2.71. The molecule has 0 radical (unpaired) electrons. The highest BCUT2D eigenvalue weighted by Crippen LogP contribution is 2.31. The molecular weight excluding hydrogens is 280 g/mol. The molecule has 0 bridgehead atoms. The highest BCUT2D eigenvalue weighted by Gasteiger charge is 2.45. The van der Waals surface area contributed by atoms with Crippen molar-refractivity contribution >= 4 is 8.88 Å². The molecule has 21 heavy (non-hydrogen) atoms. The summed E-state index contributed by atoms with van der Waals surface area (Å²) in [5, 5.41) is 0. The van der Waals surface area contributed by atoms with Crippen molar-refractivity contribution in [3.05, 3.63) is 0 Å². The maximum Gasteiger partial charge on any atom is 0.516 e. The van der Waals surface area contributed by atoms with Crippen LogP contribution in [0.1, 0.15) is 65.2 Å². The van der Waals surface area contributed by atoms with Crippen LogP contribution in [0.25, 0.3) is 0 Å². The Morgan fingerprint density at radius 1 is 0.810 bits per heavy atom. The van der Waals surface area contributed by atoms with Crippen LogP contribution in [-0.4, -0.2) is 35.2 Å². The molecule has 0 aromatic heterocycles. The highest BCUT2D eigenvalue weighted by atomic mass is 28.4. The Labute approximate surface area is 131 Å². The maximum absolute atomic E-state index is 5.89. The lowest BCUT2D eigenvalue weighted by molar-refractivity contribution is 0.189. The van der Waals surface area contributed by atoms with Gasteiger partial charge in [0.2, 0.25) is 0 Å². The Hall–Kier alpha value is 0.0569. The Bertz CT molecular complexity index is 287. The fraction of sp³-hybridized carbons (Fsp3) is 1.00. The van der Waals surface area contributed by atoms with Gasteiger partial charge in [-0.05, 0) is 37.5 Å². The maximum atomic E-state index is 5.89. The van der Waals surface area contributed by atoms with Gasteiger partial charge in [0.25, 0.3) is 0 Å². The molecule has 4 atom stereocenters. The van der Waals surface area contributed by atoms with Crippen molar-refractivity contribution in [2.45, 2.75) is 77.3 Å². The first kappa shape index (κ1) is 17.4. The van der Waals surface area contributed by atoms with E-state index < -0.39 is 8.88 Å². The summed E-state index contributed by atoms with van der Waals surface area (Å²) in [6.07, 6.45) is 10.3. The summed E-state index contributed by atoms with van der Waals surface area (Å²) < 4.78 is 11.8. The Kier molecular flexibility index (Phi) is 6.68. The molecule has 0 amide bonds. The van der Waals surface area contributed by atoms with Gasteiger partial charge in [-0.1, -0.05) is 39.5 Å². The van der Waals surface area contributed by atoms with E-state index in [1.165, 1.54) is 51.4 Å². The third-order valence-corrected chi connectivity index (χ3v) is 8.34. The van der Waals surface area contributed by atoms with E-state index in [4.69, 9.17) is 8.85 Å². The second-order valence-corrected chi connectivity index (χ2v) is 9.35. The van der Waals surface area contributed by atoms with Crippen molar-refractivity contribution in [1.82, 2.24) is 9.96 Å². The SMILES string of the molecule is CCC1CCCC1N[Si](NC1CCCC1CC)(OC)OC. The second kappa shape index (κ2) is 8.06. The van der Waals surface area contributed by atoms with Gasteiger partial charge < -0.3 is 8.85 Å². The molecule has 0 aromatic carbocycles. The van der Waals surface area contributed by atoms with Gasteiger partial charge in [0.15, 0.2) is 0 Å². The third kappa shape index (κ3) is 4.08. The van der Waals surface area contributed by atoms with Crippen LogP contribution in [0.3, 0.4) is 0 Å². The molecule has 0 aliphatic heterocycles. The molecule has 124 valence electrons. The molecule has 2 fully saturated rings. The van der Waals surface area contributed by atoms with Crippen LogP contribution in [0.2, 0.25) is 0 Å². The molecule has 4 unspecified atom stereocenters. The number of hydrogen-bond acceptors (Lipinski definition) is 4. The summed E-state index contributed by atoms with van der Waals surface area (Å²) >= 11 is 0. The fourth-order valence-electron chi connectivity index (χ4n) is 4.28. The van der Waals surface area contributed by atoms with E-state index >= 15 is 0 Å². The highest BCUT2D eigenvalue weighted by molar-refractivity contribution is 6.62. The predicted molar refractivity (Wildman–Crippen MR) is 88.9 cm³/mol. The zero-order valence-electron chi connectivity index (χ0n) is 14.3. The number of hydrogen-bond donors (Lipinski definition) is 2. The summed E-state index contributed by atoms with van der Waals surface area (Å²) in [7, 11) is 1.10. The van der Waals surface area contributed by atoms with Gasteiger partial charge in [0.05, 0.1) is 0 Å². The molecule has 2 aliphatic rings. The van der Waals surface area contributed by atoms with Crippen molar-refractivity contribution in [3.8, 4) is 0 Å². The van der Waals surface area contributed by atoms with E-state index in [-0.39, 0.29) is 0 Å². The third-order valence-electron chi connectivity index (χ3n) is 5.69. The first-order valence-electron chi connectivity index (χ1n) is 8.83. The first-order valence-corrected chi connectivity index (χ1v) is 10.6. The predicted octanol–water partition coefficient (Wildman–Crippen LogP) is 3.05. The molecule has 5 heteroatoms. The monoisotopic (exact) mass is 314 g/mol. The summed E-state index contributed by atoms with van der Waals surface area (Å²) in [6.45, 7) is 4.59. The minimum absolute atomic E-state index is 0.551. The van der Waals surface area contributed by atoms with Gasteiger partial charge in [-0.2, -0.15) is 0 Å². The summed E-state index contributed by atoms with van der Waals surface area (Å²) in [6, 6.07) is 1.10. The van der Waals surface area contributed by atoms with Crippen LogP contribution in [-0.2, 0) is 8.85 Å². The van der Waals surface area contributed by atoms with Gasteiger partial charge in [0, 0.05) is 26.3 Å². The standard InChI is InChI=1S/C16H34N2O2Si/c1-5-13-9-7-11-15(13)17-21(19-3,20-4)18-16-12-8-10-14(16)6-2/h13-18H,5-12H2,1-4H3. The molecule has 2 rings (SSSR count). The lowest BCUT2D eigenvalue weighted by Gasteiger charge is -2.36. The quantitative estimate of drug-likeness (QED) is 0.676. The van der Waals surface area contributed by atoms with E-state index in [1.807, 2.05) is 0 Å². The fourth-order valence-corrected chi connectivity index (χ4v) is 6.74. The van der Waals surface area contributed by atoms with Crippen molar-refractivity contribution in [2.24, 2.45) is 11.8 Å². The van der Waals surface area contributed by atoms with Crippen LogP contribution in [0, 0.1) is 11.8 Å². The number of rotatable bonds is 8. The van der Waals surface area contributed by atoms with Crippen LogP contribution in [0.5, 0.6) is 0 Å². The summed E-state index contributed by atoms with van der Waals surface area (Å²) in [5.41, 5.74) is 0. The van der Waals surface area contributed by atoms with Crippen molar-refractivity contribution in [3.63, 3.8) is 0 Å². The second-order valence-electron chi connectivity index (χ2n) is 6.72. The molecule has 2 saturated carbocycles. The molecule has 2 N–H and O–H groups in total. The zero-order chi connectivity index (χ0) is 15.3. The molecule has 0 saturated heterocycles. The zero-order valence-corrected chi connectivity index (χ0v) is 15.3. The van der Waals surface area contributed by atoms with Crippen LogP contribution < -0.4 is 9.96 Å². The Balaban J connectivity index is 2.01. The van der Waals surface area contributed by atoms with Gasteiger partial charge in [-0.3, -0.25) is 9.96 Å². The molecule has 0 spiro atoms. The molecule has 4 nitrogen and oxygen atoms in total. The van der Waals surface area contributed by atoms with Gasteiger partial charge in [0.1, 0.15) is 0 Å². The van der Waals surface area contributed by atoms with E-state index in [0.29, 0.717) is 12.1 Å². The summed E-state index contributed by atoms with van der Waals surface area (Å²) in [5.74, 6) is 1.55. The minimum atomic E-state index is -2.49. The van der Waals surface area contributed by atoms with Gasteiger partial charge in [-0.25, -0.2) is 0 Å². The smallest absolute Gasteiger partial charge is 0.374 e. The van der Waals surface area contributed by atoms with Gasteiger partial charge >= 0.3 is 8.88 Å². The average Bonchev–Trinajstić information content (AvgIpc) is 3.14. The van der Waals surface area contributed by atoms with E-state index in [2.05, 4.69) is 23.8 Å². The van der Waals surface area contributed by atoms with E-state index in [1.54, 1.807) is 14.2 Å². The minimum Gasteiger partial charge on any atom is -0.374 e. The molecule has 0 aromatic rings. The average molecular weight is 315 g/mol. The normalized spacial score (nSPS) is 33.7. The first-order chi connectivity index (χ1) is 10.2.